The minimum absolute atomic E-state index is 0.191. The van der Waals surface area contributed by atoms with Crippen molar-refractivity contribution >= 4 is 12.0 Å². The van der Waals surface area contributed by atoms with E-state index < -0.39 is 0 Å². The maximum Gasteiger partial charge on any atom is 0.104 e. The van der Waals surface area contributed by atoms with E-state index in [1.807, 2.05) is 24.3 Å². The van der Waals surface area contributed by atoms with Crippen LogP contribution in [0.2, 0.25) is 0 Å². The van der Waals surface area contributed by atoms with Crippen molar-refractivity contribution < 1.29 is 13.7 Å². The van der Waals surface area contributed by atoms with Gasteiger partial charge in [-0.2, -0.15) is 4.91 Å². The fraction of sp³-hybridized carbons (Fsp3) is 0.538. The summed E-state index contributed by atoms with van der Waals surface area (Å²) in [6.45, 7) is 4.61. The van der Waals surface area contributed by atoms with Crippen molar-refractivity contribution in [1.82, 2.24) is 0 Å². The number of ether oxygens (including phenoxy) is 2. The van der Waals surface area contributed by atoms with Crippen LogP contribution < -0.4 is 0 Å². The first-order chi connectivity index (χ1) is 9.33. The summed E-state index contributed by atoms with van der Waals surface area (Å²) < 4.78 is 15.8. The van der Waals surface area contributed by atoms with Gasteiger partial charge >= 0.3 is 0 Å². The largest absolute Gasteiger partial charge is 0.377 e. The lowest BCUT2D eigenvalue weighted by Crippen LogP contribution is -2.09. The van der Waals surface area contributed by atoms with Crippen LogP contribution in [0.1, 0.15) is 5.56 Å². The van der Waals surface area contributed by atoms with Gasteiger partial charge in [-0.15, -0.1) is 0 Å². The van der Waals surface area contributed by atoms with E-state index in [4.69, 9.17) is 13.7 Å². The smallest absolute Gasteiger partial charge is 0.104 e. The molecule has 5 nitrogen and oxygen atoms in total. The molecule has 0 saturated carbocycles. The Kier molecular flexibility index (Phi) is 9.26. The van der Waals surface area contributed by atoms with Gasteiger partial charge < -0.3 is 13.7 Å². The number of hydrogen-bond donors (Lipinski definition) is 0. The lowest BCUT2D eigenvalue weighted by molar-refractivity contribution is 0.0412. The molecule has 0 spiro atoms. The number of rotatable bonds is 11. The van der Waals surface area contributed by atoms with Crippen LogP contribution in [0.5, 0.6) is 0 Å². The molecule has 0 saturated heterocycles. The molecule has 0 unspecified atom stereocenters. The molecule has 0 N–H and O–H groups in total. The maximum absolute atomic E-state index is 9.77. The van der Waals surface area contributed by atoms with E-state index in [9.17, 15) is 4.91 Å². The molecule has 0 amide bonds. The van der Waals surface area contributed by atoms with E-state index in [0.29, 0.717) is 33.0 Å². The molecule has 0 heterocycles. The second kappa shape index (κ2) is 10.9. The SMILES string of the molecule is Cc1ccc(SOCCOCCOCCN=O)cc1. The molecule has 0 aliphatic carbocycles. The van der Waals surface area contributed by atoms with Gasteiger partial charge in [0.1, 0.15) is 6.54 Å². The fourth-order valence-corrected chi connectivity index (χ4v) is 1.75. The van der Waals surface area contributed by atoms with E-state index in [1.54, 1.807) is 0 Å². The van der Waals surface area contributed by atoms with E-state index in [2.05, 4.69) is 12.1 Å². The zero-order valence-electron chi connectivity index (χ0n) is 11.0. The minimum atomic E-state index is 0.191. The van der Waals surface area contributed by atoms with Crippen LogP contribution in [0.4, 0.5) is 0 Å². The highest BCUT2D eigenvalue weighted by Gasteiger charge is 1.95. The first-order valence-electron chi connectivity index (χ1n) is 6.13. The van der Waals surface area contributed by atoms with Gasteiger partial charge in [0.25, 0.3) is 0 Å². The Hall–Kier alpha value is -0.950. The number of benzene rings is 1. The number of aryl methyl sites for hydroxylation is 1. The Balaban J connectivity index is 1.88. The highest BCUT2D eigenvalue weighted by molar-refractivity contribution is 7.94. The molecule has 0 aromatic heterocycles. The second-order valence-electron chi connectivity index (χ2n) is 3.80. The van der Waals surface area contributed by atoms with Gasteiger partial charge in [-0.05, 0) is 19.1 Å². The van der Waals surface area contributed by atoms with Crippen LogP contribution >= 0.6 is 12.0 Å². The van der Waals surface area contributed by atoms with Gasteiger partial charge in [-0.25, -0.2) is 0 Å². The molecule has 0 atom stereocenters. The third-order valence-electron chi connectivity index (χ3n) is 2.19. The van der Waals surface area contributed by atoms with Crippen LogP contribution in [-0.2, 0) is 13.7 Å². The lowest BCUT2D eigenvalue weighted by Gasteiger charge is -2.05. The maximum atomic E-state index is 9.77. The number of hydrogen-bond acceptors (Lipinski definition) is 6. The zero-order valence-corrected chi connectivity index (χ0v) is 11.9. The van der Waals surface area contributed by atoms with Crippen LogP contribution in [0.25, 0.3) is 0 Å². The third kappa shape index (κ3) is 8.72. The van der Waals surface area contributed by atoms with Crippen molar-refractivity contribution in [2.75, 3.05) is 39.6 Å². The summed E-state index contributed by atoms with van der Waals surface area (Å²) in [4.78, 5) is 10.8. The van der Waals surface area contributed by atoms with E-state index >= 15 is 0 Å². The average molecular weight is 285 g/mol. The molecule has 1 rings (SSSR count). The molecule has 0 bridgehead atoms. The van der Waals surface area contributed by atoms with Gasteiger partial charge in [0.2, 0.25) is 0 Å². The number of nitroso groups, excluding NO2 is 1. The van der Waals surface area contributed by atoms with E-state index in [1.165, 1.54) is 17.6 Å². The predicted molar refractivity (Wildman–Crippen MR) is 75.3 cm³/mol. The molecule has 0 fully saturated rings. The summed E-state index contributed by atoms with van der Waals surface area (Å²) in [5.74, 6) is 0. The van der Waals surface area contributed by atoms with Gasteiger partial charge in [-0.3, -0.25) is 0 Å². The van der Waals surface area contributed by atoms with Gasteiger partial charge in [-0.1, -0.05) is 22.9 Å². The van der Waals surface area contributed by atoms with Gasteiger partial charge in [0.15, 0.2) is 0 Å². The summed E-state index contributed by atoms with van der Waals surface area (Å²) in [6, 6.07) is 8.15. The van der Waals surface area contributed by atoms with E-state index in [-0.39, 0.29) is 6.54 Å². The Morgan fingerprint density at radius 3 is 2.32 bits per heavy atom. The topological polar surface area (TPSA) is 57.1 Å². The van der Waals surface area contributed by atoms with Crippen molar-refractivity contribution in [3.05, 3.63) is 34.7 Å². The van der Waals surface area contributed by atoms with Crippen LogP contribution in [-0.4, -0.2) is 39.6 Å². The Morgan fingerprint density at radius 1 is 1.00 bits per heavy atom. The summed E-state index contributed by atoms with van der Waals surface area (Å²) in [6.07, 6.45) is 0. The molecule has 0 radical (unpaired) electrons. The highest BCUT2D eigenvalue weighted by Crippen LogP contribution is 2.18. The molecule has 6 heteroatoms. The minimum Gasteiger partial charge on any atom is -0.377 e. The Bertz CT molecular complexity index is 345. The van der Waals surface area contributed by atoms with Crippen molar-refractivity contribution in [2.45, 2.75) is 11.8 Å². The quantitative estimate of drug-likeness (QED) is 0.355. The molecule has 106 valence electrons. The normalized spacial score (nSPS) is 10.6. The summed E-state index contributed by atoms with van der Waals surface area (Å²) in [7, 11) is 0. The molecule has 19 heavy (non-hydrogen) atoms. The van der Waals surface area contributed by atoms with Crippen LogP contribution in [0, 0.1) is 11.8 Å². The fourth-order valence-electron chi connectivity index (χ4n) is 1.22. The summed E-state index contributed by atoms with van der Waals surface area (Å²) >= 11 is 1.35. The van der Waals surface area contributed by atoms with Crippen molar-refractivity contribution in [3.63, 3.8) is 0 Å². The van der Waals surface area contributed by atoms with Crippen molar-refractivity contribution in [2.24, 2.45) is 5.18 Å². The first-order valence-corrected chi connectivity index (χ1v) is 6.88. The van der Waals surface area contributed by atoms with Crippen LogP contribution in [0.3, 0.4) is 0 Å². The monoisotopic (exact) mass is 285 g/mol. The molecule has 1 aromatic carbocycles. The van der Waals surface area contributed by atoms with Gasteiger partial charge in [0.05, 0.1) is 33.0 Å². The zero-order chi connectivity index (χ0) is 13.8. The van der Waals surface area contributed by atoms with Crippen molar-refractivity contribution in [1.29, 1.82) is 0 Å². The molecule has 1 aromatic rings. The third-order valence-corrected chi connectivity index (χ3v) is 2.94. The van der Waals surface area contributed by atoms with E-state index in [0.717, 1.165) is 4.90 Å². The Morgan fingerprint density at radius 2 is 1.63 bits per heavy atom. The number of nitrogens with zero attached hydrogens (tertiary/aromatic N) is 1. The molecule has 0 aliphatic heterocycles. The standard InChI is InChI=1S/C13H19NO4S/c1-12-2-4-13(5-3-12)19-18-11-10-17-9-8-16-7-6-14-15/h2-5H,6-11H2,1H3. The van der Waals surface area contributed by atoms with Crippen molar-refractivity contribution in [3.8, 4) is 0 Å². The summed E-state index contributed by atoms with van der Waals surface area (Å²) in [5.41, 5.74) is 1.23. The second-order valence-corrected chi connectivity index (χ2v) is 4.67. The average Bonchev–Trinajstić information content (AvgIpc) is 2.43. The first kappa shape index (κ1) is 16.1. The summed E-state index contributed by atoms with van der Waals surface area (Å²) in [5, 5.41) is 2.69. The Labute approximate surface area is 117 Å². The molecule has 0 aliphatic rings. The lowest BCUT2D eigenvalue weighted by atomic mass is 10.2. The molecular weight excluding hydrogens is 266 g/mol. The predicted octanol–water partition coefficient (Wildman–Crippen LogP) is 2.82. The van der Waals surface area contributed by atoms with Crippen LogP contribution in [0.15, 0.2) is 34.3 Å². The molecular formula is C13H19NO4S. The van der Waals surface area contributed by atoms with Gasteiger partial charge in [0, 0.05) is 16.9 Å². The highest BCUT2D eigenvalue weighted by atomic mass is 32.2.